The number of hydrogen-bond acceptors (Lipinski definition) is 4. The third-order valence-corrected chi connectivity index (χ3v) is 3.53. The van der Waals surface area contributed by atoms with E-state index >= 15 is 0 Å². The van der Waals surface area contributed by atoms with Gasteiger partial charge in [-0.05, 0) is 60.7 Å². The van der Waals surface area contributed by atoms with Gasteiger partial charge < -0.3 is 10.6 Å². The first kappa shape index (κ1) is 12.6. The van der Waals surface area contributed by atoms with Crippen LogP contribution in [0.2, 0.25) is 0 Å². The highest BCUT2D eigenvalue weighted by Gasteiger charge is 2.18. The van der Waals surface area contributed by atoms with Crippen molar-refractivity contribution in [1.29, 1.82) is 0 Å². The molecule has 1 aromatic rings. The highest BCUT2D eigenvalue weighted by Crippen LogP contribution is 2.27. The van der Waals surface area contributed by atoms with Gasteiger partial charge in [-0.25, -0.2) is 0 Å². The largest absolute Gasteiger partial charge is 0.377 e. The van der Waals surface area contributed by atoms with E-state index in [1.54, 1.807) is 12.1 Å². The maximum Gasteiger partial charge on any atom is 0.293 e. The van der Waals surface area contributed by atoms with Gasteiger partial charge in [0.05, 0.1) is 4.92 Å². The average Bonchev–Trinajstić information content (AvgIpc) is 2.32. The molecule has 1 aliphatic heterocycles. The molecular formula is C11H14IN3O2. The van der Waals surface area contributed by atoms with Crippen LogP contribution in [0.4, 0.5) is 11.4 Å². The van der Waals surface area contributed by atoms with Crippen molar-refractivity contribution < 1.29 is 4.92 Å². The molecule has 5 nitrogen and oxygen atoms in total. The van der Waals surface area contributed by atoms with Crippen LogP contribution >= 0.6 is 22.6 Å². The summed E-state index contributed by atoms with van der Waals surface area (Å²) in [7, 11) is 0. The Morgan fingerprint density at radius 1 is 1.41 bits per heavy atom. The number of benzene rings is 1. The fourth-order valence-electron chi connectivity index (χ4n) is 1.96. The number of anilines is 1. The predicted molar refractivity (Wildman–Crippen MR) is 75.3 cm³/mol. The summed E-state index contributed by atoms with van der Waals surface area (Å²) in [5, 5.41) is 17.5. The van der Waals surface area contributed by atoms with Crippen LogP contribution in [0.1, 0.15) is 12.8 Å². The molecule has 6 heteroatoms. The van der Waals surface area contributed by atoms with Crippen LogP contribution in [-0.4, -0.2) is 24.1 Å². The summed E-state index contributed by atoms with van der Waals surface area (Å²) in [6.45, 7) is 1.94. The van der Waals surface area contributed by atoms with Crippen LogP contribution in [0.5, 0.6) is 0 Å². The van der Waals surface area contributed by atoms with Crippen molar-refractivity contribution in [2.75, 3.05) is 18.4 Å². The molecule has 92 valence electrons. The summed E-state index contributed by atoms with van der Waals surface area (Å²) in [5.74, 6) is 0. The lowest BCUT2D eigenvalue weighted by molar-refractivity contribution is -0.384. The van der Waals surface area contributed by atoms with E-state index in [-0.39, 0.29) is 10.6 Å². The normalized spacial score (nSPS) is 16.8. The SMILES string of the molecule is O=[N+]([O-])c1cc(I)ccc1NC1CCNCC1. The standard InChI is InChI=1S/C11H14IN3O2/c12-8-1-2-10(11(7-8)15(16)17)14-9-3-5-13-6-4-9/h1-2,7,9,13-14H,3-6H2. The van der Waals surface area contributed by atoms with Gasteiger partial charge in [-0.2, -0.15) is 0 Å². The maximum absolute atomic E-state index is 11.0. The first-order valence-electron chi connectivity index (χ1n) is 5.58. The van der Waals surface area contributed by atoms with E-state index < -0.39 is 0 Å². The molecule has 0 aromatic heterocycles. The van der Waals surface area contributed by atoms with Gasteiger partial charge in [0, 0.05) is 15.7 Å². The second-order valence-corrected chi connectivity index (χ2v) is 5.33. The lowest BCUT2D eigenvalue weighted by Gasteiger charge is -2.24. The van der Waals surface area contributed by atoms with E-state index in [0.29, 0.717) is 11.7 Å². The number of nitrogens with one attached hydrogen (secondary N) is 2. The Labute approximate surface area is 113 Å². The molecule has 2 rings (SSSR count). The number of halogens is 1. The third kappa shape index (κ3) is 3.29. The zero-order valence-corrected chi connectivity index (χ0v) is 11.4. The van der Waals surface area contributed by atoms with E-state index in [4.69, 9.17) is 0 Å². The van der Waals surface area contributed by atoms with Gasteiger partial charge in [-0.3, -0.25) is 10.1 Å². The molecule has 0 aliphatic carbocycles. The molecule has 1 aromatic carbocycles. The van der Waals surface area contributed by atoms with Gasteiger partial charge in [-0.1, -0.05) is 0 Å². The Balaban J connectivity index is 2.16. The van der Waals surface area contributed by atoms with E-state index in [1.165, 1.54) is 0 Å². The highest BCUT2D eigenvalue weighted by atomic mass is 127. The number of hydrogen-bond donors (Lipinski definition) is 2. The first-order chi connectivity index (χ1) is 8.16. The number of nitrogens with zero attached hydrogens (tertiary/aromatic N) is 1. The molecule has 2 N–H and O–H groups in total. The van der Waals surface area contributed by atoms with Gasteiger partial charge in [0.2, 0.25) is 0 Å². The monoisotopic (exact) mass is 347 g/mol. The van der Waals surface area contributed by atoms with Crippen molar-refractivity contribution in [3.05, 3.63) is 31.9 Å². The van der Waals surface area contributed by atoms with Crippen LogP contribution in [0, 0.1) is 13.7 Å². The van der Waals surface area contributed by atoms with Crippen LogP contribution in [0.25, 0.3) is 0 Å². The molecule has 0 spiro atoms. The summed E-state index contributed by atoms with van der Waals surface area (Å²) in [5.41, 5.74) is 0.790. The van der Waals surface area contributed by atoms with E-state index in [0.717, 1.165) is 29.5 Å². The molecule has 0 radical (unpaired) electrons. The first-order valence-corrected chi connectivity index (χ1v) is 6.66. The van der Waals surface area contributed by atoms with Crippen molar-refractivity contribution in [3.8, 4) is 0 Å². The molecule has 1 aliphatic rings. The van der Waals surface area contributed by atoms with Gasteiger partial charge in [0.25, 0.3) is 5.69 Å². The second kappa shape index (κ2) is 5.63. The van der Waals surface area contributed by atoms with Crippen molar-refractivity contribution in [1.82, 2.24) is 5.32 Å². The third-order valence-electron chi connectivity index (χ3n) is 2.86. The summed E-state index contributed by atoms with van der Waals surface area (Å²) in [4.78, 5) is 10.6. The Bertz CT molecular complexity index is 419. The van der Waals surface area contributed by atoms with Gasteiger partial charge >= 0.3 is 0 Å². The topological polar surface area (TPSA) is 67.2 Å². The molecule has 0 unspecified atom stereocenters. The van der Waals surface area contributed by atoms with E-state index in [9.17, 15) is 10.1 Å². The highest BCUT2D eigenvalue weighted by molar-refractivity contribution is 14.1. The van der Waals surface area contributed by atoms with Crippen molar-refractivity contribution in [2.24, 2.45) is 0 Å². The maximum atomic E-state index is 11.0. The van der Waals surface area contributed by atoms with Crippen LogP contribution in [0.3, 0.4) is 0 Å². The zero-order valence-electron chi connectivity index (χ0n) is 9.28. The van der Waals surface area contributed by atoms with Crippen LogP contribution < -0.4 is 10.6 Å². The van der Waals surface area contributed by atoms with Gasteiger partial charge in [-0.15, -0.1) is 0 Å². The predicted octanol–water partition coefficient (Wildman–Crippen LogP) is 2.36. The lowest BCUT2D eigenvalue weighted by atomic mass is 10.1. The second-order valence-electron chi connectivity index (χ2n) is 4.09. The fraction of sp³-hybridized carbons (Fsp3) is 0.455. The zero-order chi connectivity index (χ0) is 12.3. The lowest BCUT2D eigenvalue weighted by Crippen LogP contribution is -2.35. The number of rotatable bonds is 3. The smallest absolute Gasteiger partial charge is 0.293 e. The molecular weight excluding hydrogens is 333 g/mol. The van der Waals surface area contributed by atoms with Crippen molar-refractivity contribution in [3.63, 3.8) is 0 Å². The minimum Gasteiger partial charge on any atom is -0.377 e. The molecule has 1 heterocycles. The average molecular weight is 347 g/mol. The summed E-state index contributed by atoms with van der Waals surface area (Å²) in [6.07, 6.45) is 2.01. The van der Waals surface area contributed by atoms with E-state index in [2.05, 4.69) is 33.2 Å². The Morgan fingerprint density at radius 2 is 2.12 bits per heavy atom. The molecule has 0 saturated carbocycles. The number of piperidine rings is 1. The number of nitro benzene ring substituents is 1. The summed E-state index contributed by atoms with van der Waals surface area (Å²) in [6, 6.07) is 5.61. The fourth-order valence-corrected chi connectivity index (χ4v) is 2.44. The summed E-state index contributed by atoms with van der Waals surface area (Å²) < 4.78 is 0.880. The Hall–Kier alpha value is -0.890. The minimum absolute atomic E-state index is 0.162. The molecule has 17 heavy (non-hydrogen) atoms. The Morgan fingerprint density at radius 3 is 2.76 bits per heavy atom. The molecule has 0 amide bonds. The van der Waals surface area contributed by atoms with Crippen molar-refractivity contribution in [2.45, 2.75) is 18.9 Å². The molecule has 0 atom stereocenters. The molecule has 1 saturated heterocycles. The van der Waals surface area contributed by atoms with Crippen LogP contribution in [-0.2, 0) is 0 Å². The minimum atomic E-state index is -0.328. The molecule has 1 fully saturated rings. The molecule has 0 bridgehead atoms. The summed E-state index contributed by atoms with van der Waals surface area (Å²) >= 11 is 2.08. The van der Waals surface area contributed by atoms with Crippen molar-refractivity contribution >= 4 is 34.0 Å². The quantitative estimate of drug-likeness (QED) is 0.501. The van der Waals surface area contributed by atoms with Gasteiger partial charge in [0.15, 0.2) is 0 Å². The van der Waals surface area contributed by atoms with E-state index in [1.807, 2.05) is 6.07 Å². The van der Waals surface area contributed by atoms with Crippen LogP contribution in [0.15, 0.2) is 18.2 Å². The number of nitro groups is 1. The Kier molecular flexibility index (Phi) is 4.16. The van der Waals surface area contributed by atoms with Gasteiger partial charge in [0.1, 0.15) is 5.69 Å².